The van der Waals surface area contributed by atoms with Crippen molar-refractivity contribution in [2.24, 2.45) is 0 Å². The molecule has 1 aliphatic heterocycles. The Kier molecular flexibility index (Phi) is 2.09. The Labute approximate surface area is 89.1 Å². The maximum absolute atomic E-state index is 4.31. The average molecular weight is 201 g/mol. The lowest BCUT2D eigenvalue weighted by molar-refractivity contribution is 0.579. The molecule has 3 rings (SSSR count). The second-order valence-corrected chi connectivity index (χ2v) is 4.12. The van der Waals surface area contributed by atoms with Crippen molar-refractivity contribution < 1.29 is 0 Å². The summed E-state index contributed by atoms with van der Waals surface area (Å²) >= 11 is 0. The van der Waals surface area contributed by atoms with Crippen molar-refractivity contribution in [3.05, 3.63) is 24.5 Å². The lowest BCUT2D eigenvalue weighted by atomic mass is 10.1. The minimum atomic E-state index is 0.998. The van der Waals surface area contributed by atoms with E-state index in [2.05, 4.69) is 27.0 Å². The molecule has 3 heteroatoms. The maximum Gasteiger partial charge on any atom is 0.139 e. The minimum Gasteiger partial charge on any atom is -0.371 e. The second-order valence-electron chi connectivity index (χ2n) is 4.12. The van der Waals surface area contributed by atoms with E-state index in [1.54, 1.807) is 0 Å². The first kappa shape index (κ1) is 8.77. The Hall–Kier alpha value is -1.51. The Balaban J connectivity index is 2.05. The van der Waals surface area contributed by atoms with Gasteiger partial charge in [-0.25, -0.2) is 4.98 Å². The van der Waals surface area contributed by atoms with E-state index in [9.17, 15) is 0 Å². The Morgan fingerprint density at radius 2 is 2.00 bits per heavy atom. The van der Waals surface area contributed by atoms with Gasteiger partial charge in [-0.1, -0.05) is 0 Å². The molecule has 1 N–H and O–H groups in total. The van der Waals surface area contributed by atoms with Gasteiger partial charge in [-0.2, -0.15) is 0 Å². The van der Waals surface area contributed by atoms with Crippen molar-refractivity contribution in [3.8, 4) is 0 Å². The van der Waals surface area contributed by atoms with Gasteiger partial charge in [0, 0.05) is 36.6 Å². The van der Waals surface area contributed by atoms with Gasteiger partial charge in [-0.3, -0.25) is 0 Å². The number of fused-ring (bicyclic) bond motifs is 1. The number of hydrogen-bond acceptors (Lipinski definition) is 2. The molecule has 0 saturated carbocycles. The fourth-order valence-corrected chi connectivity index (χ4v) is 2.36. The predicted octanol–water partition coefficient (Wildman–Crippen LogP) is 2.55. The standard InChI is InChI=1S/C12H15N3/c1-2-8-15(9-3-1)11-5-7-14-12-10(11)4-6-13-12/h4-7H,1-3,8-9H2,(H,13,14). The summed E-state index contributed by atoms with van der Waals surface area (Å²) in [5, 5.41) is 1.25. The number of piperidine rings is 1. The molecule has 0 atom stereocenters. The van der Waals surface area contributed by atoms with E-state index in [1.807, 2.05) is 12.4 Å². The Morgan fingerprint density at radius 1 is 1.13 bits per heavy atom. The van der Waals surface area contributed by atoms with Crippen LogP contribution >= 0.6 is 0 Å². The fraction of sp³-hybridized carbons (Fsp3) is 0.417. The van der Waals surface area contributed by atoms with Gasteiger partial charge in [0.05, 0.1) is 0 Å². The summed E-state index contributed by atoms with van der Waals surface area (Å²) < 4.78 is 0. The number of nitrogens with one attached hydrogen (secondary N) is 1. The van der Waals surface area contributed by atoms with Gasteiger partial charge < -0.3 is 9.88 Å². The average Bonchev–Trinajstić information content (AvgIpc) is 2.78. The van der Waals surface area contributed by atoms with E-state index in [0.717, 1.165) is 5.65 Å². The molecule has 1 fully saturated rings. The van der Waals surface area contributed by atoms with Gasteiger partial charge in [0.25, 0.3) is 0 Å². The predicted molar refractivity (Wildman–Crippen MR) is 62.2 cm³/mol. The molecular weight excluding hydrogens is 186 g/mol. The summed E-state index contributed by atoms with van der Waals surface area (Å²) in [6.07, 6.45) is 7.86. The Morgan fingerprint density at radius 3 is 2.87 bits per heavy atom. The second kappa shape index (κ2) is 3.57. The summed E-state index contributed by atoms with van der Waals surface area (Å²) in [5.74, 6) is 0. The highest BCUT2D eigenvalue weighted by molar-refractivity contribution is 5.89. The quantitative estimate of drug-likeness (QED) is 0.769. The molecule has 2 aromatic rings. The van der Waals surface area contributed by atoms with Crippen LogP contribution in [-0.2, 0) is 0 Å². The highest BCUT2D eigenvalue weighted by atomic mass is 15.1. The number of rotatable bonds is 1. The topological polar surface area (TPSA) is 31.9 Å². The van der Waals surface area contributed by atoms with E-state index in [4.69, 9.17) is 0 Å². The Bertz CT molecular complexity index is 455. The van der Waals surface area contributed by atoms with E-state index in [-0.39, 0.29) is 0 Å². The van der Waals surface area contributed by atoms with Crippen molar-refractivity contribution >= 4 is 16.7 Å². The zero-order chi connectivity index (χ0) is 10.1. The number of pyridine rings is 1. The zero-order valence-electron chi connectivity index (χ0n) is 8.74. The summed E-state index contributed by atoms with van der Waals surface area (Å²) in [6, 6.07) is 4.24. The normalized spacial score (nSPS) is 17.2. The molecule has 0 aliphatic carbocycles. The number of nitrogens with zero attached hydrogens (tertiary/aromatic N) is 2. The molecule has 0 unspecified atom stereocenters. The molecule has 78 valence electrons. The van der Waals surface area contributed by atoms with Crippen molar-refractivity contribution in [3.63, 3.8) is 0 Å². The van der Waals surface area contributed by atoms with Crippen LogP contribution in [-0.4, -0.2) is 23.1 Å². The van der Waals surface area contributed by atoms with Crippen LogP contribution in [0, 0.1) is 0 Å². The highest BCUT2D eigenvalue weighted by Crippen LogP contribution is 2.26. The van der Waals surface area contributed by atoms with Gasteiger partial charge in [0.1, 0.15) is 5.65 Å². The molecule has 1 saturated heterocycles. The number of aromatic amines is 1. The number of anilines is 1. The van der Waals surface area contributed by atoms with Gasteiger partial charge in [-0.15, -0.1) is 0 Å². The third-order valence-electron chi connectivity index (χ3n) is 3.13. The number of H-pyrrole nitrogens is 1. The lowest BCUT2D eigenvalue weighted by Gasteiger charge is -2.29. The minimum absolute atomic E-state index is 0.998. The van der Waals surface area contributed by atoms with E-state index < -0.39 is 0 Å². The molecule has 3 heterocycles. The van der Waals surface area contributed by atoms with Crippen LogP contribution in [0.2, 0.25) is 0 Å². The van der Waals surface area contributed by atoms with Crippen LogP contribution in [0.5, 0.6) is 0 Å². The smallest absolute Gasteiger partial charge is 0.139 e. The first-order valence-electron chi connectivity index (χ1n) is 5.62. The van der Waals surface area contributed by atoms with E-state index in [1.165, 1.54) is 43.4 Å². The summed E-state index contributed by atoms with van der Waals surface area (Å²) in [6.45, 7) is 2.37. The van der Waals surface area contributed by atoms with Gasteiger partial charge >= 0.3 is 0 Å². The molecule has 15 heavy (non-hydrogen) atoms. The summed E-state index contributed by atoms with van der Waals surface area (Å²) in [7, 11) is 0. The van der Waals surface area contributed by atoms with Crippen molar-refractivity contribution in [2.75, 3.05) is 18.0 Å². The SMILES string of the molecule is c1cc(N2CCCCC2)c2cc[nH]c2n1. The fourth-order valence-electron chi connectivity index (χ4n) is 2.36. The maximum atomic E-state index is 4.31. The van der Waals surface area contributed by atoms with Crippen molar-refractivity contribution in [1.82, 2.24) is 9.97 Å². The molecule has 1 aliphatic rings. The third kappa shape index (κ3) is 1.48. The molecule has 2 aromatic heterocycles. The van der Waals surface area contributed by atoms with E-state index in [0.29, 0.717) is 0 Å². The van der Waals surface area contributed by atoms with E-state index >= 15 is 0 Å². The summed E-state index contributed by atoms with van der Waals surface area (Å²) in [5.41, 5.74) is 2.33. The zero-order valence-corrected chi connectivity index (χ0v) is 8.74. The monoisotopic (exact) mass is 201 g/mol. The number of aromatic nitrogens is 2. The van der Waals surface area contributed by atoms with Crippen LogP contribution in [0.4, 0.5) is 5.69 Å². The van der Waals surface area contributed by atoms with Crippen LogP contribution < -0.4 is 4.90 Å². The largest absolute Gasteiger partial charge is 0.371 e. The molecule has 0 spiro atoms. The lowest BCUT2D eigenvalue weighted by Crippen LogP contribution is -2.29. The van der Waals surface area contributed by atoms with Crippen molar-refractivity contribution in [1.29, 1.82) is 0 Å². The van der Waals surface area contributed by atoms with Crippen molar-refractivity contribution in [2.45, 2.75) is 19.3 Å². The molecular formula is C12H15N3. The molecule has 0 radical (unpaired) electrons. The van der Waals surface area contributed by atoms with Crippen LogP contribution in [0.1, 0.15) is 19.3 Å². The molecule has 3 nitrogen and oxygen atoms in total. The highest BCUT2D eigenvalue weighted by Gasteiger charge is 2.13. The first-order chi connectivity index (χ1) is 7.45. The van der Waals surface area contributed by atoms with Gasteiger partial charge in [0.15, 0.2) is 0 Å². The van der Waals surface area contributed by atoms with Crippen LogP contribution in [0.25, 0.3) is 11.0 Å². The number of hydrogen-bond donors (Lipinski definition) is 1. The van der Waals surface area contributed by atoms with Crippen LogP contribution in [0.15, 0.2) is 24.5 Å². The summed E-state index contributed by atoms with van der Waals surface area (Å²) in [4.78, 5) is 9.95. The molecule has 0 bridgehead atoms. The third-order valence-corrected chi connectivity index (χ3v) is 3.13. The molecule has 0 aromatic carbocycles. The van der Waals surface area contributed by atoms with Crippen LogP contribution in [0.3, 0.4) is 0 Å². The molecule has 0 amide bonds. The van der Waals surface area contributed by atoms with Gasteiger partial charge in [-0.05, 0) is 31.4 Å². The first-order valence-corrected chi connectivity index (χ1v) is 5.62. The van der Waals surface area contributed by atoms with Gasteiger partial charge in [0.2, 0.25) is 0 Å².